The van der Waals surface area contributed by atoms with Gasteiger partial charge in [-0.2, -0.15) is 0 Å². The molecule has 3 heterocycles. The van der Waals surface area contributed by atoms with E-state index in [1.165, 1.54) is 6.20 Å². The third-order valence-electron chi connectivity index (χ3n) is 3.99. The van der Waals surface area contributed by atoms with Crippen molar-refractivity contribution in [2.24, 2.45) is 5.41 Å². The van der Waals surface area contributed by atoms with Gasteiger partial charge in [0.05, 0.1) is 6.61 Å². The summed E-state index contributed by atoms with van der Waals surface area (Å²) >= 11 is 0. The first-order valence-electron chi connectivity index (χ1n) is 7.43. The zero-order chi connectivity index (χ0) is 16.7. The van der Waals surface area contributed by atoms with E-state index in [-0.39, 0.29) is 10.6 Å². The minimum Gasteiger partial charge on any atom is -0.381 e. The van der Waals surface area contributed by atoms with E-state index in [1.807, 2.05) is 13.0 Å². The zero-order valence-corrected chi connectivity index (χ0v) is 14.3. The van der Waals surface area contributed by atoms with E-state index in [4.69, 9.17) is 4.74 Å². The third-order valence-corrected chi connectivity index (χ3v) is 4.85. The van der Waals surface area contributed by atoms with Crippen molar-refractivity contribution in [3.8, 4) is 0 Å². The maximum absolute atomic E-state index is 11.7. The fourth-order valence-electron chi connectivity index (χ4n) is 2.60. The number of hydrogen-bond donors (Lipinski definition) is 1. The van der Waals surface area contributed by atoms with E-state index < -0.39 is 9.84 Å². The minimum absolute atomic E-state index is 0.0461. The molecule has 0 spiro atoms. The highest BCUT2D eigenvalue weighted by molar-refractivity contribution is 7.90. The molecule has 7 nitrogen and oxygen atoms in total. The number of sulfone groups is 1. The molecule has 1 N–H and O–H groups in total. The van der Waals surface area contributed by atoms with Crippen molar-refractivity contribution in [3.63, 3.8) is 0 Å². The van der Waals surface area contributed by atoms with Gasteiger partial charge in [0.1, 0.15) is 5.52 Å². The van der Waals surface area contributed by atoms with Crippen LogP contribution in [0.3, 0.4) is 0 Å². The summed E-state index contributed by atoms with van der Waals surface area (Å²) in [5, 5.41) is 3.89. The predicted molar refractivity (Wildman–Crippen MR) is 87.2 cm³/mol. The minimum atomic E-state index is -3.46. The molecule has 8 heteroatoms. The lowest BCUT2D eigenvalue weighted by molar-refractivity contribution is 0.164. The van der Waals surface area contributed by atoms with Crippen LogP contribution >= 0.6 is 0 Å². The maximum Gasteiger partial charge on any atom is 0.247 e. The molecule has 0 unspecified atom stereocenters. The summed E-state index contributed by atoms with van der Waals surface area (Å²) in [6.45, 7) is 6.20. The Morgan fingerprint density at radius 1 is 1.39 bits per heavy atom. The Labute approximate surface area is 135 Å². The van der Waals surface area contributed by atoms with Gasteiger partial charge in [-0.3, -0.25) is 0 Å². The van der Waals surface area contributed by atoms with Crippen LogP contribution in [0.1, 0.15) is 19.0 Å². The molecule has 23 heavy (non-hydrogen) atoms. The summed E-state index contributed by atoms with van der Waals surface area (Å²) < 4.78 is 28.8. The average molecular weight is 336 g/mol. The normalized spacial score (nSPS) is 21.7. The largest absolute Gasteiger partial charge is 0.381 e. The van der Waals surface area contributed by atoms with Crippen molar-refractivity contribution < 1.29 is 13.2 Å². The smallest absolute Gasteiger partial charge is 0.247 e. The number of ether oxygens (including phenoxy) is 1. The topological polar surface area (TPSA) is 94.1 Å². The standard InChI is InChI=1S/C15H20N4O3S/c1-10-6-11-7-16-14(23(3,20)21)19-12(11)13(18-10)17-8-15(2)4-5-22-9-15/h6-7H,4-5,8-9H2,1-3H3,(H,17,18)/t15-/m1/s1. The van der Waals surface area contributed by atoms with Crippen molar-refractivity contribution in [1.29, 1.82) is 0 Å². The van der Waals surface area contributed by atoms with E-state index in [9.17, 15) is 8.42 Å². The van der Waals surface area contributed by atoms with Crippen LogP contribution in [-0.4, -0.2) is 49.4 Å². The molecule has 1 fully saturated rings. The maximum atomic E-state index is 11.7. The second-order valence-corrected chi connectivity index (χ2v) is 8.35. The van der Waals surface area contributed by atoms with Gasteiger partial charge in [0.15, 0.2) is 5.82 Å². The van der Waals surface area contributed by atoms with Crippen LogP contribution in [0, 0.1) is 12.3 Å². The number of anilines is 1. The Balaban J connectivity index is 2.00. The quantitative estimate of drug-likeness (QED) is 0.847. The average Bonchev–Trinajstić information content (AvgIpc) is 2.90. The van der Waals surface area contributed by atoms with Crippen molar-refractivity contribution in [3.05, 3.63) is 18.0 Å². The van der Waals surface area contributed by atoms with Crippen LogP contribution in [0.4, 0.5) is 5.82 Å². The molecule has 1 aliphatic rings. The van der Waals surface area contributed by atoms with Crippen LogP contribution in [0.5, 0.6) is 0 Å². The van der Waals surface area contributed by atoms with Gasteiger partial charge >= 0.3 is 0 Å². The van der Waals surface area contributed by atoms with Gasteiger partial charge < -0.3 is 10.1 Å². The molecule has 124 valence electrons. The summed E-state index contributed by atoms with van der Waals surface area (Å²) in [6, 6.07) is 1.84. The van der Waals surface area contributed by atoms with E-state index in [0.29, 0.717) is 24.5 Å². The first kappa shape index (κ1) is 16.1. The second-order valence-electron chi connectivity index (χ2n) is 6.44. The number of rotatable bonds is 4. The molecule has 0 bridgehead atoms. The molecule has 1 atom stereocenters. The summed E-state index contributed by atoms with van der Waals surface area (Å²) in [5.41, 5.74) is 1.39. The van der Waals surface area contributed by atoms with Crippen LogP contribution in [0.2, 0.25) is 0 Å². The second kappa shape index (κ2) is 5.68. The highest BCUT2D eigenvalue weighted by Crippen LogP contribution is 2.29. The lowest BCUT2D eigenvalue weighted by Crippen LogP contribution is -2.27. The lowest BCUT2D eigenvalue weighted by atomic mass is 9.90. The molecule has 1 saturated heterocycles. The van der Waals surface area contributed by atoms with Gasteiger partial charge in [-0.05, 0) is 19.4 Å². The van der Waals surface area contributed by atoms with Crippen molar-refractivity contribution in [2.45, 2.75) is 25.4 Å². The van der Waals surface area contributed by atoms with Gasteiger partial charge in [0.25, 0.3) is 0 Å². The highest BCUT2D eigenvalue weighted by atomic mass is 32.2. The van der Waals surface area contributed by atoms with Crippen LogP contribution in [0.15, 0.2) is 17.4 Å². The summed E-state index contributed by atoms with van der Waals surface area (Å²) in [6.07, 6.45) is 3.60. The fraction of sp³-hybridized carbons (Fsp3) is 0.533. The van der Waals surface area contributed by atoms with Gasteiger partial charge in [0.2, 0.25) is 15.0 Å². The molecule has 2 aromatic heterocycles. The molecular weight excluding hydrogens is 316 g/mol. The number of pyridine rings is 1. The monoisotopic (exact) mass is 336 g/mol. The number of aryl methyl sites for hydroxylation is 1. The van der Waals surface area contributed by atoms with E-state index in [0.717, 1.165) is 30.4 Å². The Morgan fingerprint density at radius 3 is 2.83 bits per heavy atom. The third kappa shape index (κ3) is 3.42. The highest BCUT2D eigenvalue weighted by Gasteiger charge is 2.29. The lowest BCUT2D eigenvalue weighted by Gasteiger charge is -2.22. The van der Waals surface area contributed by atoms with Crippen molar-refractivity contribution >= 4 is 26.6 Å². The van der Waals surface area contributed by atoms with E-state index >= 15 is 0 Å². The molecular formula is C15H20N4O3S. The molecule has 1 aliphatic heterocycles. The summed E-state index contributed by atoms with van der Waals surface area (Å²) in [4.78, 5) is 12.6. The van der Waals surface area contributed by atoms with Crippen molar-refractivity contribution in [1.82, 2.24) is 15.0 Å². The van der Waals surface area contributed by atoms with Gasteiger partial charge in [0, 0.05) is 42.1 Å². The van der Waals surface area contributed by atoms with Crippen LogP contribution < -0.4 is 5.32 Å². The number of nitrogens with one attached hydrogen (secondary N) is 1. The molecule has 3 rings (SSSR count). The molecule has 2 aromatic rings. The molecule has 0 aliphatic carbocycles. The Kier molecular flexibility index (Phi) is 3.97. The Bertz CT molecular complexity index is 845. The molecule has 0 saturated carbocycles. The van der Waals surface area contributed by atoms with Crippen LogP contribution in [0.25, 0.3) is 10.9 Å². The van der Waals surface area contributed by atoms with Crippen LogP contribution in [-0.2, 0) is 14.6 Å². The number of fused-ring (bicyclic) bond motifs is 1. The first-order valence-corrected chi connectivity index (χ1v) is 9.32. The zero-order valence-electron chi connectivity index (χ0n) is 13.5. The van der Waals surface area contributed by atoms with Gasteiger partial charge in [-0.15, -0.1) is 0 Å². The van der Waals surface area contributed by atoms with Gasteiger partial charge in [-0.25, -0.2) is 23.4 Å². The number of aromatic nitrogens is 3. The summed E-state index contributed by atoms with van der Waals surface area (Å²) in [5.74, 6) is 0.584. The molecule has 0 radical (unpaired) electrons. The predicted octanol–water partition coefficient (Wildman–Crippen LogP) is 1.58. The summed E-state index contributed by atoms with van der Waals surface area (Å²) in [7, 11) is -3.46. The SMILES string of the molecule is Cc1cc2cnc(S(C)(=O)=O)nc2c(NC[C@@]2(C)CCOC2)n1. The Morgan fingerprint density at radius 2 is 2.17 bits per heavy atom. The number of hydrogen-bond acceptors (Lipinski definition) is 7. The van der Waals surface area contributed by atoms with E-state index in [1.54, 1.807) is 0 Å². The fourth-order valence-corrected chi connectivity index (χ4v) is 3.11. The number of nitrogens with zero attached hydrogens (tertiary/aromatic N) is 3. The molecule has 0 amide bonds. The van der Waals surface area contributed by atoms with E-state index in [2.05, 4.69) is 27.2 Å². The van der Waals surface area contributed by atoms with Crippen molar-refractivity contribution in [2.75, 3.05) is 31.3 Å². The first-order chi connectivity index (χ1) is 10.8. The Hall–Kier alpha value is -1.80. The molecule has 0 aromatic carbocycles. The van der Waals surface area contributed by atoms with Gasteiger partial charge in [-0.1, -0.05) is 6.92 Å².